The Morgan fingerprint density at radius 1 is 0.459 bits per heavy atom. The van der Waals surface area contributed by atoms with Crippen molar-refractivity contribution in [1.82, 2.24) is 0 Å². The van der Waals surface area contributed by atoms with Crippen LogP contribution in [0.3, 0.4) is 0 Å². The maximum absolute atomic E-state index is 3.96. The largest absolute Gasteiger partial charge is 0.0610 e. The van der Waals surface area contributed by atoms with Crippen LogP contribution in [0.4, 0.5) is 0 Å². The zero-order chi connectivity index (χ0) is 26.9. The quantitative estimate of drug-likeness (QED) is 0.206. The maximum Gasteiger partial charge on any atom is 0 e. The first-order valence-corrected chi connectivity index (χ1v) is 14.2. The van der Waals surface area contributed by atoms with Gasteiger partial charge in [-0.05, 0) is 97.2 Å². The fraction of sp³-hybridized carbons (Fsp3) is 0.500. The van der Waals surface area contributed by atoms with Gasteiger partial charge < -0.3 is 0 Å². The van der Waals surface area contributed by atoms with Gasteiger partial charge in [0.15, 0.2) is 0 Å². The topological polar surface area (TPSA) is 0 Å². The average Bonchev–Trinajstić information content (AvgIpc) is 2.81. The normalized spacial score (nSPS) is 11.9. The van der Waals surface area contributed by atoms with E-state index in [2.05, 4.69) is 132 Å². The molecule has 0 saturated carbocycles. The van der Waals surface area contributed by atoms with Gasteiger partial charge in [0.2, 0.25) is 0 Å². The van der Waals surface area contributed by atoms with Gasteiger partial charge in [-0.1, -0.05) is 126 Å². The van der Waals surface area contributed by atoms with Crippen molar-refractivity contribution in [3.8, 4) is 22.3 Å². The second-order valence-corrected chi connectivity index (χ2v) is 12.6. The van der Waals surface area contributed by atoms with Gasteiger partial charge in [0.05, 0.1) is 0 Å². The molecule has 0 bridgehead atoms. The molecule has 3 aromatic rings. The SMILES string of the molecule is CC(C)c1cc(C(C)C)c(-c2[c]c(-c3c(C(C)C)cc(C(C)C)cc3C(C)C)ccc2)c(C(C)C)c1.[HH].[HH].[HH].[Pb]. The summed E-state index contributed by atoms with van der Waals surface area (Å²) in [4.78, 5) is 0. The van der Waals surface area contributed by atoms with Gasteiger partial charge in [-0.3, -0.25) is 0 Å². The van der Waals surface area contributed by atoms with Crippen molar-refractivity contribution >= 4 is 27.3 Å². The third kappa shape index (κ3) is 6.97. The molecule has 0 heterocycles. The third-order valence-electron chi connectivity index (χ3n) is 7.60. The molecular weight excluding hydrogens is 640 g/mol. The first kappa shape index (κ1) is 31.8. The Bertz CT molecular complexity index is 1060. The van der Waals surface area contributed by atoms with Gasteiger partial charge in [0, 0.05) is 31.6 Å². The van der Waals surface area contributed by atoms with Crippen molar-refractivity contribution in [2.24, 2.45) is 0 Å². The molecule has 0 atom stereocenters. The van der Waals surface area contributed by atoms with Gasteiger partial charge >= 0.3 is 0 Å². The second kappa shape index (κ2) is 13.1. The van der Waals surface area contributed by atoms with E-state index < -0.39 is 0 Å². The van der Waals surface area contributed by atoms with Crippen LogP contribution >= 0.6 is 0 Å². The Labute approximate surface area is 253 Å². The average molecular weight is 695 g/mol. The summed E-state index contributed by atoms with van der Waals surface area (Å²) in [6, 6.07) is 20.6. The van der Waals surface area contributed by atoms with E-state index >= 15 is 0 Å². The molecule has 0 aromatic heterocycles. The predicted octanol–water partition coefficient (Wildman–Crippen LogP) is 11.9. The summed E-state index contributed by atoms with van der Waals surface area (Å²) in [5, 5.41) is 0. The standard InChI is InChI=1S/C36H49.Pb.3H2/c1-21(2)29-17-31(23(5)6)35(32(18-29)24(7)8)27-14-13-15-28(16-27)36-33(25(9)10)19-30(22(3)4)20-34(36)26(11)12;;;;/h13-15,17-26H,1-12H3;;3*1H. The number of benzene rings is 3. The fourth-order valence-corrected chi connectivity index (χ4v) is 5.29. The summed E-state index contributed by atoms with van der Waals surface area (Å²) in [5.74, 6) is 2.86. The van der Waals surface area contributed by atoms with Gasteiger partial charge in [-0.2, -0.15) is 0 Å². The van der Waals surface area contributed by atoms with Gasteiger partial charge in [0.1, 0.15) is 0 Å². The molecule has 0 aliphatic carbocycles. The van der Waals surface area contributed by atoms with Crippen molar-refractivity contribution in [3.05, 3.63) is 81.9 Å². The van der Waals surface area contributed by atoms with E-state index in [0.29, 0.717) is 35.5 Å². The van der Waals surface area contributed by atoms with E-state index in [9.17, 15) is 0 Å². The van der Waals surface area contributed by atoms with E-state index in [-0.39, 0.29) is 31.6 Å². The smallest absolute Gasteiger partial charge is 0 e. The summed E-state index contributed by atoms with van der Waals surface area (Å²) in [6.45, 7) is 27.8. The zero-order valence-corrected chi connectivity index (χ0v) is 29.4. The van der Waals surface area contributed by atoms with Crippen molar-refractivity contribution in [1.29, 1.82) is 0 Å². The Morgan fingerprint density at radius 3 is 0.946 bits per heavy atom. The minimum Gasteiger partial charge on any atom is -0.0610 e. The molecule has 0 saturated heterocycles. The third-order valence-corrected chi connectivity index (χ3v) is 7.60. The Balaban J connectivity index is 0. The summed E-state index contributed by atoms with van der Waals surface area (Å²) in [7, 11) is 0. The van der Waals surface area contributed by atoms with Crippen molar-refractivity contribution in [3.63, 3.8) is 0 Å². The van der Waals surface area contributed by atoms with E-state index in [1.54, 1.807) is 0 Å². The van der Waals surface area contributed by atoms with Gasteiger partial charge in [-0.25, -0.2) is 0 Å². The van der Waals surface area contributed by atoms with Crippen LogP contribution in [0, 0.1) is 6.07 Å². The van der Waals surface area contributed by atoms with Crippen LogP contribution in [0.5, 0.6) is 0 Å². The van der Waals surface area contributed by atoms with Crippen molar-refractivity contribution in [2.75, 3.05) is 0 Å². The maximum atomic E-state index is 3.96. The second-order valence-electron chi connectivity index (χ2n) is 12.6. The molecule has 0 unspecified atom stereocenters. The van der Waals surface area contributed by atoms with Crippen LogP contribution in [0.2, 0.25) is 0 Å². The van der Waals surface area contributed by atoms with Crippen LogP contribution in [0.1, 0.15) is 156 Å². The van der Waals surface area contributed by atoms with Gasteiger partial charge in [-0.15, -0.1) is 0 Å². The fourth-order valence-electron chi connectivity index (χ4n) is 5.29. The molecule has 3 rings (SSSR count). The molecule has 0 spiro atoms. The molecule has 3 aromatic carbocycles. The van der Waals surface area contributed by atoms with E-state index in [1.165, 1.54) is 55.6 Å². The predicted molar refractivity (Wildman–Crippen MR) is 173 cm³/mol. The molecule has 0 N–H and O–H groups in total. The van der Waals surface area contributed by atoms with Crippen LogP contribution in [-0.4, -0.2) is 27.3 Å². The molecule has 0 fully saturated rings. The van der Waals surface area contributed by atoms with Crippen LogP contribution in [-0.2, 0) is 0 Å². The molecule has 0 amide bonds. The van der Waals surface area contributed by atoms with Crippen LogP contribution in [0.15, 0.2) is 42.5 Å². The summed E-state index contributed by atoms with van der Waals surface area (Å²) in [5.41, 5.74) is 13.9. The first-order valence-electron chi connectivity index (χ1n) is 14.2. The van der Waals surface area contributed by atoms with Crippen LogP contribution in [0.25, 0.3) is 22.3 Å². The Morgan fingerprint density at radius 2 is 0.730 bits per heavy atom. The van der Waals surface area contributed by atoms with E-state index in [4.69, 9.17) is 0 Å². The van der Waals surface area contributed by atoms with Crippen molar-refractivity contribution < 1.29 is 4.28 Å². The van der Waals surface area contributed by atoms with E-state index in [1.807, 2.05) is 0 Å². The summed E-state index contributed by atoms with van der Waals surface area (Å²) < 4.78 is 0. The molecule has 0 aliphatic heterocycles. The molecule has 0 nitrogen and oxygen atoms in total. The summed E-state index contributed by atoms with van der Waals surface area (Å²) in [6.07, 6.45) is 0. The molecule has 0 aliphatic rings. The molecule has 1 heteroatoms. The zero-order valence-electron chi connectivity index (χ0n) is 25.5. The molecule has 203 valence electrons. The summed E-state index contributed by atoms with van der Waals surface area (Å²) >= 11 is 0. The molecule has 37 heavy (non-hydrogen) atoms. The molecule has 5 radical (unpaired) electrons. The minimum absolute atomic E-state index is 0. The van der Waals surface area contributed by atoms with Crippen molar-refractivity contribution in [2.45, 2.75) is 119 Å². The Kier molecular flexibility index (Phi) is 11.3. The van der Waals surface area contributed by atoms with Gasteiger partial charge in [0.25, 0.3) is 0 Å². The number of rotatable bonds is 8. The number of hydrogen-bond acceptors (Lipinski definition) is 0. The minimum atomic E-state index is 0. The number of hydrogen-bond donors (Lipinski definition) is 0. The monoisotopic (exact) mass is 695 g/mol. The molecular formula is C36H55Pb. The van der Waals surface area contributed by atoms with E-state index in [0.717, 1.165) is 0 Å². The first-order chi connectivity index (χ1) is 16.8. The Hall–Kier alpha value is -1.42. The van der Waals surface area contributed by atoms with Crippen LogP contribution < -0.4 is 0 Å².